The third kappa shape index (κ3) is 2.23. The summed E-state index contributed by atoms with van der Waals surface area (Å²) in [4.78, 5) is 15.1. The summed E-state index contributed by atoms with van der Waals surface area (Å²) in [5.41, 5.74) is 4.61. The Balaban J connectivity index is 1.46. The number of rotatable bonds is 2. The predicted molar refractivity (Wildman–Crippen MR) is 97.5 cm³/mol. The van der Waals surface area contributed by atoms with Crippen LogP contribution in [0.5, 0.6) is 5.75 Å². The molecule has 0 spiro atoms. The number of nitrogens with zero attached hydrogens (tertiary/aromatic N) is 4. The molecule has 1 N–H and O–H groups in total. The van der Waals surface area contributed by atoms with Crippen molar-refractivity contribution >= 4 is 17.0 Å². The molecule has 6 nitrogen and oxygen atoms in total. The van der Waals surface area contributed by atoms with E-state index in [-0.39, 0.29) is 0 Å². The van der Waals surface area contributed by atoms with Crippen LogP contribution >= 0.6 is 0 Å². The second kappa shape index (κ2) is 5.51. The Kier molecular flexibility index (Phi) is 3.26. The number of hydrogen-bond donors (Lipinski definition) is 1. The van der Waals surface area contributed by atoms with Gasteiger partial charge in [-0.15, -0.1) is 0 Å². The molecule has 1 fully saturated rings. The summed E-state index contributed by atoms with van der Waals surface area (Å²) in [6.45, 7) is 7.06. The van der Waals surface area contributed by atoms with Crippen molar-refractivity contribution in [1.82, 2.24) is 19.5 Å². The van der Waals surface area contributed by atoms with Crippen LogP contribution < -0.4 is 9.64 Å². The third-order valence-corrected chi connectivity index (χ3v) is 5.61. The molecular formula is C19H23N5O. The molecule has 0 saturated carbocycles. The van der Waals surface area contributed by atoms with Crippen molar-refractivity contribution in [1.29, 1.82) is 0 Å². The average Bonchev–Trinajstić information content (AvgIpc) is 3.23. The second-order valence-corrected chi connectivity index (χ2v) is 7.24. The molecule has 1 atom stereocenters. The lowest BCUT2D eigenvalue weighted by Crippen LogP contribution is -2.36. The van der Waals surface area contributed by atoms with E-state index in [1.165, 1.54) is 11.4 Å². The summed E-state index contributed by atoms with van der Waals surface area (Å²) in [5, 5.41) is 0. The Labute approximate surface area is 146 Å². The molecule has 4 heterocycles. The first-order chi connectivity index (χ1) is 12.2. The minimum Gasteiger partial charge on any atom is -0.489 e. The minimum absolute atomic E-state index is 0.307. The summed E-state index contributed by atoms with van der Waals surface area (Å²) < 4.78 is 8.27. The van der Waals surface area contributed by atoms with E-state index in [2.05, 4.69) is 39.3 Å². The van der Waals surface area contributed by atoms with Gasteiger partial charge in [0.05, 0.1) is 23.6 Å². The lowest BCUT2D eigenvalue weighted by molar-refractivity contribution is 0.248. The fraction of sp³-hybridized carbons (Fsp3) is 0.474. The number of anilines is 1. The van der Waals surface area contributed by atoms with Gasteiger partial charge in [-0.05, 0) is 38.8 Å². The van der Waals surface area contributed by atoms with Crippen LogP contribution in [-0.4, -0.2) is 39.2 Å². The SMILES string of the molecule is Cc1[nH]cnc1C1CCN(c2nc3cccc4c3n2[C@@H](C)CO4)CC1. The molecule has 0 amide bonds. The fourth-order valence-corrected chi connectivity index (χ4v) is 4.28. The van der Waals surface area contributed by atoms with Crippen molar-refractivity contribution in [3.63, 3.8) is 0 Å². The molecule has 2 aliphatic heterocycles. The van der Waals surface area contributed by atoms with Crippen LogP contribution in [0.1, 0.15) is 43.1 Å². The maximum atomic E-state index is 5.90. The Morgan fingerprint density at radius 3 is 2.84 bits per heavy atom. The highest BCUT2D eigenvalue weighted by Gasteiger charge is 2.30. The number of benzene rings is 1. The largest absolute Gasteiger partial charge is 0.489 e. The van der Waals surface area contributed by atoms with E-state index in [4.69, 9.17) is 9.72 Å². The van der Waals surface area contributed by atoms with E-state index in [9.17, 15) is 0 Å². The quantitative estimate of drug-likeness (QED) is 0.778. The lowest BCUT2D eigenvalue weighted by atomic mass is 9.93. The van der Waals surface area contributed by atoms with Crippen molar-refractivity contribution in [3.8, 4) is 5.75 Å². The van der Waals surface area contributed by atoms with Crippen LogP contribution in [0.25, 0.3) is 11.0 Å². The highest BCUT2D eigenvalue weighted by Crippen LogP contribution is 2.38. The van der Waals surface area contributed by atoms with Crippen molar-refractivity contribution in [2.75, 3.05) is 24.6 Å². The summed E-state index contributed by atoms with van der Waals surface area (Å²) >= 11 is 0. The third-order valence-electron chi connectivity index (χ3n) is 5.61. The van der Waals surface area contributed by atoms with Gasteiger partial charge in [-0.2, -0.15) is 0 Å². The van der Waals surface area contributed by atoms with Gasteiger partial charge < -0.3 is 19.2 Å². The van der Waals surface area contributed by atoms with Gasteiger partial charge in [0.1, 0.15) is 17.9 Å². The molecule has 2 aromatic heterocycles. The second-order valence-electron chi connectivity index (χ2n) is 7.24. The van der Waals surface area contributed by atoms with Crippen LogP contribution in [0.3, 0.4) is 0 Å². The molecule has 1 saturated heterocycles. The monoisotopic (exact) mass is 337 g/mol. The molecule has 1 aromatic carbocycles. The van der Waals surface area contributed by atoms with Gasteiger partial charge >= 0.3 is 0 Å². The maximum Gasteiger partial charge on any atom is 0.207 e. The normalized spacial score (nSPS) is 20.9. The van der Waals surface area contributed by atoms with Crippen molar-refractivity contribution in [2.45, 2.75) is 38.6 Å². The molecule has 6 heteroatoms. The van der Waals surface area contributed by atoms with Gasteiger partial charge in [0.25, 0.3) is 0 Å². The van der Waals surface area contributed by atoms with Gasteiger partial charge in [-0.1, -0.05) is 6.07 Å². The zero-order valence-corrected chi connectivity index (χ0v) is 14.7. The first kappa shape index (κ1) is 14.8. The zero-order valence-electron chi connectivity index (χ0n) is 14.7. The van der Waals surface area contributed by atoms with E-state index < -0.39 is 0 Å². The van der Waals surface area contributed by atoms with E-state index in [1.54, 1.807) is 0 Å². The molecule has 2 aliphatic rings. The minimum atomic E-state index is 0.307. The van der Waals surface area contributed by atoms with Gasteiger partial charge in [0, 0.05) is 24.7 Å². The molecule has 25 heavy (non-hydrogen) atoms. The number of hydrogen-bond acceptors (Lipinski definition) is 4. The summed E-state index contributed by atoms with van der Waals surface area (Å²) in [6.07, 6.45) is 4.05. The maximum absolute atomic E-state index is 5.90. The van der Waals surface area contributed by atoms with E-state index in [0.29, 0.717) is 18.6 Å². The number of H-pyrrole nitrogens is 1. The number of aryl methyl sites for hydroxylation is 1. The molecule has 0 bridgehead atoms. The number of aromatic amines is 1. The first-order valence-electron chi connectivity index (χ1n) is 9.11. The fourth-order valence-electron chi connectivity index (χ4n) is 4.28. The number of imidazole rings is 2. The number of aromatic nitrogens is 4. The Bertz CT molecular complexity index is 919. The summed E-state index contributed by atoms with van der Waals surface area (Å²) in [7, 11) is 0. The Morgan fingerprint density at radius 2 is 2.08 bits per heavy atom. The number of piperidine rings is 1. The highest BCUT2D eigenvalue weighted by molar-refractivity contribution is 5.85. The highest BCUT2D eigenvalue weighted by atomic mass is 16.5. The molecule has 3 aromatic rings. The van der Waals surface area contributed by atoms with Crippen molar-refractivity contribution in [3.05, 3.63) is 35.9 Å². The van der Waals surface area contributed by atoms with Crippen molar-refractivity contribution < 1.29 is 4.74 Å². The van der Waals surface area contributed by atoms with Crippen LogP contribution in [0.2, 0.25) is 0 Å². The molecule has 0 aliphatic carbocycles. The molecular weight excluding hydrogens is 314 g/mol. The van der Waals surface area contributed by atoms with Gasteiger partial charge in [0.15, 0.2) is 0 Å². The van der Waals surface area contributed by atoms with Crippen LogP contribution in [-0.2, 0) is 0 Å². The molecule has 5 rings (SSSR count). The number of ether oxygens (including phenoxy) is 1. The summed E-state index contributed by atoms with van der Waals surface area (Å²) in [5.74, 6) is 2.59. The Morgan fingerprint density at radius 1 is 1.24 bits per heavy atom. The van der Waals surface area contributed by atoms with Gasteiger partial charge in [0.2, 0.25) is 5.95 Å². The van der Waals surface area contributed by atoms with Crippen LogP contribution in [0, 0.1) is 6.92 Å². The molecule has 130 valence electrons. The van der Waals surface area contributed by atoms with Crippen molar-refractivity contribution in [2.24, 2.45) is 0 Å². The average molecular weight is 337 g/mol. The topological polar surface area (TPSA) is 59.0 Å². The summed E-state index contributed by atoms with van der Waals surface area (Å²) in [6, 6.07) is 6.46. The van der Waals surface area contributed by atoms with Gasteiger partial charge in [-0.3, -0.25) is 0 Å². The zero-order chi connectivity index (χ0) is 17.0. The Hall–Kier alpha value is -2.50. The van der Waals surface area contributed by atoms with E-state index in [0.717, 1.165) is 48.7 Å². The predicted octanol–water partition coefficient (Wildman–Crippen LogP) is 3.41. The van der Waals surface area contributed by atoms with Crippen LogP contribution in [0.4, 0.5) is 5.95 Å². The van der Waals surface area contributed by atoms with E-state index in [1.807, 2.05) is 18.5 Å². The molecule has 0 radical (unpaired) electrons. The standard InChI is InChI=1S/C19H23N5O/c1-12-10-25-16-5-3-4-15-18(16)24(12)19(22-15)23-8-6-14(7-9-23)17-13(2)20-11-21-17/h3-5,11-12,14H,6-10H2,1-2H3,(H,20,21)/t12-/m0/s1. The number of nitrogens with one attached hydrogen (secondary N) is 1. The van der Waals surface area contributed by atoms with E-state index >= 15 is 0 Å². The van der Waals surface area contributed by atoms with Crippen LogP contribution in [0.15, 0.2) is 24.5 Å². The first-order valence-corrected chi connectivity index (χ1v) is 9.11. The molecule has 0 unspecified atom stereocenters. The lowest BCUT2D eigenvalue weighted by Gasteiger charge is -2.34. The number of para-hydroxylation sites is 1. The smallest absolute Gasteiger partial charge is 0.207 e. The van der Waals surface area contributed by atoms with Gasteiger partial charge in [-0.25, -0.2) is 9.97 Å².